The number of amides is 1. The molecule has 0 fully saturated rings. The summed E-state index contributed by atoms with van der Waals surface area (Å²) in [4.78, 5) is 12.1. The van der Waals surface area contributed by atoms with Gasteiger partial charge in [0.15, 0.2) is 4.21 Å². The van der Waals surface area contributed by atoms with E-state index in [1.54, 1.807) is 13.8 Å². The Morgan fingerprint density at radius 2 is 1.86 bits per heavy atom. The summed E-state index contributed by atoms with van der Waals surface area (Å²) in [5, 5.41) is 0. The summed E-state index contributed by atoms with van der Waals surface area (Å²) in [6.07, 6.45) is 0. The van der Waals surface area contributed by atoms with Gasteiger partial charge in [-0.2, -0.15) is 0 Å². The summed E-state index contributed by atoms with van der Waals surface area (Å²) in [6.45, 7) is 3.56. The molecule has 14 heavy (non-hydrogen) atoms. The van der Waals surface area contributed by atoms with Gasteiger partial charge in [0.1, 0.15) is 0 Å². The molecule has 0 unspecified atom stereocenters. The summed E-state index contributed by atoms with van der Waals surface area (Å²) in [6, 6.07) is 0. The van der Waals surface area contributed by atoms with Crippen molar-refractivity contribution in [3.8, 4) is 0 Å². The Morgan fingerprint density at radius 1 is 1.29 bits per heavy atom. The summed E-state index contributed by atoms with van der Waals surface area (Å²) in [7, 11) is -3.54. The van der Waals surface area contributed by atoms with Crippen LogP contribution in [0.1, 0.15) is 20.8 Å². The molecule has 2 heterocycles. The number of hydrogen-bond acceptors (Lipinski definition) is 4. The molecular formula is C7H9CaNO3S2. The molecule has 0 aliphatic carbocycles. The van der Waals surface area contributed by atoms with E-state index >= 15 is 0 Å². The summed E-state index contributed by atoms with van der Waals surface area (Å²) in [5.74, 6) is -0.503. The molecule has 1 amide bonds. The summed E-state index contributed by atoms with van der Waals surface area (Å²) in [5.41, 5.74) is 1.08. The molecule has 74 valence electrons. The van der Waals surface area contributed by atoms with Gasteiger partial charge in [0, 0.05) is 4.88 Å². The molecule has 2 rings (SSSR count). The Hall–Kier alpha value is 0.380. The molecule has 0 bridgehead atoms. The monoisotopic (exact) mass is 259 g/mol. The SMILES string of the molecule is Cc1sc2c(c1C)C(=O)NS2(=O)=O.[CaH2]. The maximum absolute atomic E-state index is 11.3. The van der Waals surface area contributed by atoms with E-state index in [4.69, 9.17) is 0 Å². The molecule has 0 saturated heterocycles. The van der Waals surface area contributed by atoms with Crippen LogP contribution in [0.3, 0.4) is 0 Å². The number of carbonyl (C=O) groups is 1. The fourth-order valence-electron chi connectivity index (χ4n) is 1.27. The van der Waals surface area contributed by atoms with Gasteiger partial charge in [-0.1, -0.05) is 0 Å². The molecule has 0 saturated carbocycles. The van der Waals surface area contributed by atoms with Crippen LogP contribution in [-0.2, 0) is 10.0 Å². The standard InChI is InChI=1S/C7H7NO3S2.Ca.2H/c1-3-4(2)12-7-5(3)6(9)8-13(7,10)11;;;/h1-2H3,(H,8,9);;;. The second-order valence-corrected chi connectivity index (χ2v) is 5.98. The number of nitrogens with one attached hydrogen (secondary N) is 1. The van der Waals surface area contributed by atoms with Crippen LogP contribution >= 0.6 is 11.3 Å². The second kappa shape index (κ2) is 3.75. The first kappa shape index (κ1) is 12.4. The number of rotatable bonds is 0. The van der Waals surface area contributed by atoms with E-state index < -0.39 is 15.9 Å². The predicted molar refractivity (Wildman–Crippen MR) is 57.0 cm³/mol. The molecule has 1 aromatic heterocycles. The Bertz CT molecular complexity index is 503. The quantitative estimate of drug-likeness (QED) is 0.661. The van der Waals surface area contributed by atoms with Crippen LogP contribution in [0.15, 0.2) is 4.21 Å². The molecule has 1 aliphatic heterocycles. The molecule has 0 aromatic carbocycles. The van der Waals surface area contributed by atoms with E-state index in [2.05, 4.69) is 0 Å². The molecule has 0 radical (unpaired) electrons. The first-order valence-corrected chi connectivity index (χ1v) is 5.90. The summed E-state index contributed by atoms with van der Waals surface area (Å²) >= 11 is 1.14. The van der Waals surface area contributed by atoms with Gasteiger partial charge in [-0.15, -0.1) is 11.3 Å². The normalized spacial score (nSPS) is 17.1. The molecule has 0 spiro atoms. The van der Waals surface area contributed by atoms with Gasteiger partial charge in [0.05, 0.1) is 5.56 Å². The van der Waals surface area contributed by atoms with Crippen LogP contribution in [0.2, 0.25) is 0 Å². The second-order valence-electron chi connectivity index (χ2n) is 2.88. The van der Waals surface area contributed by atoms with E-state index in [1.165, 1.54) is 0 Å². The summed E-state index contributed by atoms with van der Waals surface area (Å²) < 4.78 is 24.7. The number of carbonyl (C=O) groups excluding carboxylic acids is 1. The molecule has 0 atom stereocenters. The Balaban J connectivity index is 0.000000980. The minimum absolute atomic E-state index is 0. The van der Waals surface area contributed by atoms with E-state index in [1.807, 2.05) is 4.72 Å². The van der Waals surface area contributed by atoms with Crippen molar-refractivity contribution in [2.45, 2.75) is 18.1 Å². The molecule has 1 aromatic rings. The van der Waals surface area contributed by atoms with Gasteiger partial charge in [-0.25, -0.2) is 13.1 Å². The van der Waals surface area contributed by atoms with Crippen molar-refractivity contribution < 1.29 is 13.2 Å². The molecule has 1 N–H and O–H groups in total. The van der Waals surface area contributed by atoms with Crippen molar-refractivity contribution >= 4 is 65.0 Å². The Labute approximate surface area is 116 Å². The van der Waals surface area contributed by atoms with Gasteiger partial charge in [-0.3, -0.25) is 4.79 Å². The topological polar surface area (TPSA) is 63.2 Å². The Morgan fingerprint density at radius 3 is 2.36 bits per heavy atom. The van der Waals surface area contributed by atoms with Gasteiger partial charge >= 0.3 is 37.7 Å². The van der Waals surface area contributed by atoms with Crippen LogP contribution < -0.4 is 4.72 Å². The number of hydrogen-bond donors (Lipinski definition) is 1. The average Bonchev–Trinajstić information content (AvgIpc) is 2.38. The zero-order chi connectivity index (χ0) is 9.80. The third-order valence-corrected chi connectivity index (χ3v) is 5.11. The van der Waals surface area contributed by atoms with Crippen molar-refractivity contribution in [1.29, 1.82) is 0 Å². The van der Waals surface area contributed by atoms with Crippen molar-refractivity contribution in [1.82, 2.24) is 4.72 Å². The zero-order valence-electron chi connectivity index (χ0n) is 7.04. The zero-order valence-corrected chi connectivity index (χ0v) is 8.67. The van der Waals surface area contributed by atoms with Crippen molar-refractivity contribution in [3.05, 3.63) is 16.0 Å². The number of thiophene rings is 1. The predicted octanol–water partition coefficient (Wildman–Crippen LogP) is -0.119. The van der Waals surface area contributed by atoms with Gasteiger partial charge in [-0.05, 0) is 19.4 Å². The van der Waals surface area contributed by atoms with Crippen molar-refractivity contribution in [3.63, 3.8) is 0 Å². The van der Waals surface area contributed by atoms with Crippen LogP contribution in [0.4, 0.5) is 0 Å². The van der Waals surface area contributed by atoms with E-state index in [0.717, 1.165) is 21.8 Å². The fraction of sp³-hybridized carbons (Fsp3) is 0.286. The third-order valence-electron chi connectivity index (χ3n) is 2.05. The first-order valence-electron chi connectivity index (χ1n) is 3.60. The molecule has 4 nitrogen and oxygen atoms in total. The average molecular weight is 259 g/mol. The Kier molecular flexibility index (Phi) is 3.34. The van der Waals surface area contributed by atoms with E-state index in [0.29, 0.717) is 5.56 Å². The van der Waals surface area contributed by atoms with Crippen molar-refractivity contribution in [2.24, 2.45) is 0 Å². The molecule has 1 aliphatic rings. The van der Waals surface area contributed by atoms with Crippen LogP contribution in [0.5, 0.6) is 0 Å². The third kappa shape index (κ3) is 1.63. The van der Waals surface area contributed by atoms with E-state index in [9.17, 15) is 13.2 Å². The van der Waals surface area contributed by atoms with Crippen LogP contribution in [-0.4, -0.2) is 52.1 Å². The van der Waals surface area contributed by atoms with Crippen LogP contribution in [0, 0.1) is 13.8 Å². The van der Waals surface area contributed by atoms with Gasteiger partial charge in [0.25, 0.3) is 15.9 Å². The maximum atomic E-state index is 11.3. The number of sulfonamides is 1. The first-order chi connectivity index (χ1) is 5.93. The molecule has 7 heteroatoms. The van der Waals surface area contributed by atoms with Crippen molar-refractivity contribution in [2.75, 3.05) is 0 Å². The van der Waals surface area contributed by atoms with Gasteiger partial charge in [0.2, 0.25) is 0 Å². The van der Waals surface area contributed by atoms with Gasteiger partial charge < -0.3 is 0 Å². The number of aryl methyl sites for hydroxylation is 1. The minimum atomic E-state index is -3.54. The fourth-order valence-corrected chi connectivity index (χ4v) is 4.04. The number of fused-ring (bicyclic) bond motifs is 1. The van der Waals surface area contributed by atoms with E-state index in [-0.39, 0.29) is 41.9 Å². The van der Waals surface area contributed by atoms with Crippen LogP contribution in [0.25, 0.3) is 0 Å². The molecular weight excluding hydrogens is 250 g/mol.